The maximum Gasteiger partial charge on any atom is 0.0414 e. The van der Waals surface area contributed by atoms with E-state index in [0.29, 0.717) is 12.6 Å². The van der Waals surface area contributed by atoms with Crippen LogP contribution >= 0.6 is 11.8 Å². The standard InChI is InChI=1S/C14H24N2S/c1-11-5-6-13(10-15)14(9-11)16(3)12(2)7-8-17-4/h5-6,9,12H,7-8,10,15H2,1-4H3. The molecule has 0 spiro atoms. The first kappa shape index (κ1) is 14.4. The number of nitrogens with two attached hydrogens (primary N) is 1. The predicted molar refractivity (Wildman–Crippen MR) is 79.9 cm³/mol. The minimum atomic E-state index is 0.551. The maximum atomic E-state index is 5.81. The summed E-state index contributed by atoms with van der Waals surface area (Å²) < 4.78 is 0. The van der Waals surface area contributed by atoms with E-state index in [2.05, 4.69) is 50.2 Å². The number of aryl methyl sites for hydroxylation is 1. The first-order valence-electron chi connectivity index (χ1n) is 6.11. The number of thioether (sulfide) groups is 1. The van der Waals surface area contributed by atoms with Crippen molar-refractivity contribution in [2.24, 2.45) is 5.73 Å². The summed E-state index contributed by atoms with van der Waals surface area (Å²) in [4.78, 5) is 2.35. The van der Waals surface area contributed by atoms with Crippen LogP contribution in [-0.4, -0.2) is 25.1 Å². The predicted octanol–water partition coefficient (Wildman–Crippen LogP) is 3.03. The van der Waals surface area contributed by atoms with Crippen molar-refractivity contribution in [2.75, 3.05) is 24.0 Å². The summed E-state index contributed by atoms with van der Waals surface area (Å²) in [5, 5.41) is 0. The fraction of sp³-hybridized carbons (Fsp3) is 0.571. The van der Waals surface area contributed by atoms with Crippen LogP contribution in [0.25, 0.3) is 0 Å². The average Bonchev–Trinajstić information content (AvgIpc) is 2.34. The normalized spacial score (nSPS) is 12.5. The van der Waals surface area contributed by atoms with E-state index in [4.69, 9.17) is 5.73 Å². The van der Waals surface area contributed by atoms with E-state index >= 15 is 0 Å². The van der Waals surface area contributed by atoms with Gasteiger partial charge in [-0.1, -0.05) is 12.1 Å². The number of rotatable bonds is 6. The van der Waals surface area contributed by atoms with E-state index in [-0.39, 0.29) is 0 Å². The van der Waals surface area contributed by atoms with Crippen LogP contribution in [0.1, 0.15) is 24.5 Å². The topological polar surface area (TPSA) is 29.3 Å². The van der Waals surface area contributed by atoms with Crippen molar-refractivity contribution in [2.45, 2.75) is 32.9 Å². The summed E-state index contributed by atoms with van der Waals surface area (Å²) >= 11 is 1.90. The second-order valence-corrected chi connectivity index (χ2v) is 5.56. The molecular weight excluding hydrogens is 228 g/mol. The van der Waals surface area contributed by atoms with Crippen LogP contribution in [0.15, 0.2) is 18.2 Å². The Balaban J connectivity index is 2.86. The van der Waals surface area contributed by atoms with Crippen LogP contribution in [0.2, 0.25) is 0 Å². The molecule has 0 saturated carbocycles. The molecule has 1 aromatic rings. The highest BCUT2D eigenvalue weighted by molar-refractivity contribution is 7.98. The van der Waals surface area contributed by atoms with Crippen molar-refractivity contribution in [3.63, 3.8) is 0 Å². The number of hydrogen-bond donors (Lipinski definition) is 1. The highest BCUT2D eigenvalue weighted by Gasteiger charge is 2.12. The third kappa shape index (κ3) is 3.93. The van der Waals surface area contributed by atoms with Gasteiger partial charge >= 0.3 is 0 Å². The Morgan fingerprint density at radius 1 is 1.41 bits per heavy atom. The molecule has 0 aliphatic rings. The van der Waals surface area contributed by atoms with E-state index < -0.39 is 0 Å². The van der Waals surface area contributed by atoms with E-state index in [1.165, 1.54) is 29.0 Å². The van der Waals surface area contributed by atoms with Crippen LogP contribution in [-0.2, 0) is 6.54 Å². The molecule has 0 saturated heterocycles. The van der Waals surface area contributed by atoms with Gasteiger partial charge in [0.15, 0.2) is 0 Å². The van der Waals surface area contributed by atoms with Crippen molar-refractivity contribution >= 4 is 17.4 Å². The molecule has 1 aromatic carbocycles. The molecule has 2 nitrogen and oxygen atoms in total. The molecule has 0 amide bonds. The van der Waals surface area contributed by atoms with Gasteiger partial charge in [-0.15, -0.1) is 0 Å². The van der Waals surface area contributed by atoms with Gasteiger partial charge in [-0.3, -0.25) is 0 Å². The lowest BCUT2D eigenvalue weighted by molar-refractivity contribution is 0.666. The smallest absolute Gasteiger partial charge is 0.0414 e. The lowest BCUT2D eigenvalue weighted by Crippen LogP contribution is -2.30. The summed E-state index contributed by atoms with van der Waals surface area (Å²) in [7, 11) is 2.17. The fourth-order valence-electron chi connectivity index (χ4n) is 1.89. The van der Waals surface area contributed by atoms with Crippen LogP contribution < -0.4 is 10.6 Å². The Bertz CT molecular complexity index is 352. The van der Waals surface area contributed by atoms with E-state index in [1.807, 2.05) is 11.8 Å². The molecule has 1 unspecified atom stereocenters. The lowest BCUT2D eigenvalue weighted by Gasteiger charge is -2.29. The number of anilines is 1. The largest absolute Gasteiger partial charge is 0.372 e. The molecular formula is C14H24N2S. The first-order valence-corrected chi connectivity index (χ1v) is 7.51. The molecule has 0 aliphatic heterocycles. The highest BCUT2D eigenvalue weighted by Crippen LogP contribution is 2.23. The van der Waals surface area contributed by atoms with Crippen molar-refractivity contribution in [1.29, 1.82) is 0 Å². The Morgan fingerprint density at radius 3 is 2.71 bits per heavy atom. The Hall–Kier alpha value is -0.670. The summed E-state index contributed by atoms with van der Waals surface area (Å²) in [5.41, 5.74) is 9.61. The third-order valence-electron chi connectivity index (χ3n) is 3.24. The monoisotopic (exact) mass is 252 g/mol. The Labute approximate surface area is 110 Å². The lowest BCUT2D eigenvalue weighted by atomic mass is 10.1. The molecule has 0 aromatic heterocycles. The third-order valence-corrected chi connectivity index (χ3v) is 3.89. The van der Waals surface area contributed by atoms with Crippen LogP contribution in [0.4, 0.5) is 5.69 Å². The second kappa shape index (κ2) is 6.92. The molecule has 1 rings (SSSR count). The SMILES string of the molecule is CSCCC(C)N(C)c1cc(C)ccc1CN. The number of nitrogens with zero attached hydrogens (tertiary/aromatic N) is 1. The molecule has 0 aliphatic carbocycles. The Morgan fingerprint density at radius 2 is 2.12 bits per heavy atom. The molecule has 2 N–H and O–H groups in total. The van der Waals surface area contributed by atoms with Gasteiger partial charge in [0.2, 0.25) is 0 Å². The quantitative estimate of drug-likeness (QED) is 0.844. The van der Waals surface area contributed by atoms with E-state index in [0.717, 1.165) is 0 Å². The maximum absolute atomic E-state index is 5.81. The minimum Gasteiger partial charge on any atom is -0.372 e. The van der Waals surface area contributed by atoms with Crippen LogP contribution in [0, 0.1) is 6.92 Å². The molecule has 0 fully saturated rings. The minimum absolute atomic E-state index is 0.551. The van der Waals surface area contributed by atoms with Gasteiger partial charge in [0.1, 0.15) is 0 Å². The highest BCUT2D eigenvalue weighted by atomic mass is 32.2. The molecule has 0 radical (unpaired) electrons. The van der Waals surface area contributed by atoms with Crippen LogP contribution in [0.3, 0.4) is 0 Å². The Kier molecular flexibility index (Phi) is 5.86. The summed E-state index contributed by atoms with van der Waals surface area (Å²) in [6, 6.07) is 7.06. The summed E-state index contributed by atoms with van der Waals surface area (Å²) in [6.45, 7) is 5.01. The van der Waals surface area contributed by atoms with Crippen molar-refractivity contribution in [1.82, 2.24) is 0 Å². The molecule has 0 bridgehead atoms. The van der Waals surface area contributed by atoms with E-state index in [9.17, 15) is 0 Å². The van der Waals surface area contributed by atoms with Gasteiger partial charge in [-0.05, 0) is 49.5 Å². The van der Waals surface area contributed by atoms with Gasteiger partial charge < -0.3 is 10.6 Å². The summed E-state index contributed by atoms with van der Waals surface area (Å²) in [6.07, 6.45) is 3.36. The second-order valence-electron chi connectivity index (χ2n) is 4.58. The zero-order valence-electron chi connectivity index (χ0n) is 11.4. The van der Waals surface area contributed by atoms with Gasteiger partial charge in [0.25, 0.3) is 0 Å². The zero-order chi connectivity index (χ0) is 12.8. The van der Waals surface area contributed by atoms with Gasteiger partial charge in [0, 0.05) is 25.3 Å². The molecule has 0 heterocycles. The number of hydrogen-bond acceptors (Lipinski definition) is 3. The molecule has 96 valence electrons. The molecule has 3 heteroatoms. The van der Waals surface area contributed by atoms with Gasteiger partial charge in [-0.25, -0.2) is 0 Å². The summed E-state index contributed by atoms with van der Waals surface area (Å²) in [5.74, 6) is 1.20. The van der Waals surface area contributed by atoms with Crippen molar-refractivity contribution in [3.05, 3.63) is 29.3 Å². The molecule has 1 atom stereocenters. The fourth-order valence-corrected chi connectivity index (χ4v) is 2.47. The average molecular weight is 252 g/mol. The van der Waals surface area contributed by atoms with Crippen molar-refractivity contribution in [3.8, 4) is 0 Å². The van der Waals surface area contributed by atoms with E-state index in [1.54, 1.807) is 0 Å². The first-order chi connectivity index (χ1) is 8.10. The molecule has 17 heavy (non-hydrogen) atoms. The van der Waals surface area contributed by atoms with Gasteiger partial charge in [-0.2, -0.15) is 11.8 Å². The van der Waals surface area contributed by atoms with Crippen LogP contribution in [0.5, 0.6) is 0 Å². The van der Waals surface area contributed by atoms with Gasteiger partial charge in [0.05, 0.1) is 0 Å². The number of benzene rings is 1. The van der Waals surface area contributed by atoms with Crippen molar-refractivity contribution < 1.29 is 0 Å². The zero-order valence-corrected chi connectivity index (χ0v) is 12.2.